The van der Waals surface area contributed by atoms with E-state index in [1.165, 1.54) is 26.5 Å². The summed E-state index contributed by atoms with van der Waals surface area (Å²) >= 11 is 0. The number of rotatable bonds is 8. The number of aromatic nitrogens is 4. The maximum absolute atomic E-state index is 13.3. The molecule has 1 aliphatic rings. The summed E-state index contributed by atoms with van der Waals surface area (Å²) in [6.45, 7) is -9.33. The van der Waals surface area contributed by atoms with E-state index in [0.29, 0.717) is 50.9 Å². The van der Waals surface area contributed by atoms with Gasteiger partial charge in [-0.1, -0.05) is 234 Å². The number of benzene rings is 10. The Morgan fingerprint density at radius 3 is 1.75 bits per heavy atom. The number of nitrogens with zero attached hydrogens (tertiary/aromatic N) is 4. The first kappa shape index (κ1) is 39.5. The Morgan fingerprint density at radius 1 is 0.471 bits per heavy atom. The summed E-state index contributed by atoms with van der Waals surface area (Å²) in [5.74, 6) is -1.29. The smallest absolute Gasteiger partial charge is 0.148 e. The molecule has 0 fully saturated rings. The first-order chi connectivity index (χ1) is 47.5. The van der Waals surface area contributed by atoms with Crippen LogP contribution in [0.5, 0.6) is 5.75 Å². The van der Waals surface area contributed by atoms with Crippen molar-refractivity contribution < 1.29 is 50.8 Å². The van der Waals surface area contributed by atoms with Crippen LogP contribution >= 0.6 is 0 Å². The van der Waals surface area contributed by atoms with Crippen molar-refractivity contribution in [3.8, 4) is 84.4 Å². The van der Waals surface area contributed by atoms with Gasteiger partial charge in [0.15, 0.2) is 0 Å². The predicted molar refractivity (Wildman–Crippen MR) is 353 cm³/mol. The van der Waals surface area contributed by atoms with Crippen LogP contribution in [0.25, 0.3) is 111 Å². The molecule has 0 unspecified atom stereocenters. The predicted octanol–water partition coefficient (Wildman–Crippen LogP) is 20.9. The quantitative estimate of drug-likeness (QED) is 0.154. The van der Waals surface area contributed by atoms with Crippen molar-refractivity contribution in [3.63, 3.8) is 0 Å². The van der Waals surface area contributed by atoms with E-state index in [-0.39, 0.29) is 42.9 Å². The third kappa shape index (κ3) is 9.97. The molecule has 0 bridgehead atoms. The molecule has 0 radical (unpaired) electrons. The minimum Gasteiger partial charge on any atom is -0.507 e. The van der Waals surface area contributed by atoms with Crippen LogP contribution in [-0.4, -0.2) is 24.2 Å². The molecule has 0 aliphatic heterocycles. The van der Waals surface area contributed by atoms with Crippen LogP contribution in [0, 0.1) is 6.07 Å². The number of phenols is 1. The molecule has 2 heterocycles. The summed E-state index contributed by atoms with van der Waals surface area (Å²) in [5.41, 5.74) is 0.680. The number of phenolic OH excluding ortho intramolecular Hbond substituents is 1. The zero-order chi connectivity index (χ0) is 73.8. The Labute approximate surface area is 542 Å². The Bertz CT molecular complexity index is 5210. The summed E-state index contributed by atoms with van der Waals surface area (Å²) in [6, 6.07) is 65.8. The fourth-order valence-corrected chi connectivity index (χ4v) is 13.1. The fraction of sp³-hybridized carbons (Fsp3) is 0.241. The van der Waals surface area contributed by atoms with Gasteiger partial charge in [0.2, 0.25) is 0 Å². The summed E-state index contributed by atoms with van der Waals surface area (Å²) in [5, 5.41) is 15.7. The molecule has 10 aromatic carbocycles. The van der Waals surface area contributed by atoms with Crippen LogP contribution in [-0.2, 0) is 48.1 Å². The second-order valence-corrected chi connectivity index (χ2v) is 24.9. The van der Waals surface area contributed by atoms with Gasteiger partial charge >= 0.3 is 0 Å². The monoisotopic (exact) mass is 1310 g/mol. The van der Waals surface area contributed by atoms with Crippen LogP contribution < -0.4 is 0 Å². The third-order valence-corrected chi connectivity index (χ3v) is 17.0. The van der Waals surface area contributed by atoms with E-state index in [2.05, 4.69) is 99.0 Å². The standard InChI is InChI=1S/C79H75N4O.Pt/c1-75(2,3)54-38-42-67(60(45-54)50-27-18-15-19-28-50)83-69-36-24-31-57(71(69)81-74(83)61-46-55(76(4,5)6)47-64(72(61)84)77(7,8)9)51-29-22-30-53(43-51)73-80-65-34-20-21-35-68(65)82(73)66-41-37-52(44-59(66)49-25-16-14-17-26-49)56-39-40-63-70-58(56)32-23-33-62(70)78(10,11)48-79(63,12)13;/h14-42,44-47,84H,48H2,1-13H3;/q-1;/i4D3,5D3,6D3,7D3,8D3,9D3;. The van der Waals surface area contributed by atoms with Crippen LogP contribution in [0.2, 0.25) is 0 Å². The molecule has 1 N–H and O–H groups in total. The average Bonchev–Trinajstić information content (AvgIpc) is 1.22. The van der Waals surface area contributed by atoms with Crippen molar-refractivity contribution in [2.45, 2.75) is 123 Å². The van der Waals surface area contributed by atoms with Gasteiger partial charge in [-0.2, -0.15) is 0 Å². The number of hydrogen-bond donors (Lipinski definition) is 1. The van der Waals surface area contributed by atoms with Gasteiger partial charge in [-0.25, -0.2) is 4.98 Å². The Hall–Kier alpha value is -8.11. The molecule has 0 saturated carbocycles. The van der Waals surface area contributed by atoms with Gasteiger partial charge in [-0.3, -0.25) is 9.55 Å². The van der Waals surface area contributed by atoms with Crippen molar-refractivity contribution in [2.24, 2.45) is 0 Å². The van der Waals surface area contributed by atoms with Gasteiger partial charge in [0.25, 0.3) is 0 Å². The Kier molecular flexibility index (Phi) is 9.69. The molecule has 428 valence electrons. The molecule has 85 heavy (non-hydrogen) atoms. The number of para-hydroxylation sites is 3. The van der Waals surface area contributed by atoms with Gasteiger partial charge in [0.1, 0.15) is 11.6 Å². The van der Waals surface area contributed by atoms with Crippen LogP contribution in [0.3, 0.4) is 0 Å². The van der Waals surface area contributed by atoms with Gasteiger partial charge in [0, 0.05) is 68.1 Å². The second kappa shape index (κ2) is 20.8. The summed E-state index contributed by atoms with van der Waals surface area (Å²) in [7, 11) is 0. The van der Waals surface area contributed by atoms with Crippen LogP contribution in [0.15, 0.2) is 200 Å². The van der Waals surface area contributed by atoms with Gasteiger partial charge in [-0.15, -0.1) is 29.8 Å². The van der Waals surface area contributed by atoms with E-state index in [0.717, 1.165) is 51.5 Å². The molecule has 2 aromatic heterocycles. The van der Waals surface area contributed by atoms with Crippen molar-refractivity contribution >= 4 is 32.8 Å². The van der Waals surface area contributed by atoms with Crippen LogP contribution in [0.4, 0.5) is 0 Å². The molecular weight excluding hydrogens is 1220 g/mol. The minimum absolute atomic E-state index is 0. The summed E-state index contributed by atoms with van der Waals surface area (Å²) in [6.07, 6.45) is 1.00. The number of aromatic hydroxyl groups is 1. The molecule has 0 saturated heterocycles. The normalized spacial score (nSPS) is 18.1. The zero-order valence-electron chi connectivity index (χ0n) is 66.3. The SMILES string of the molecule is [2H]C([2H])([2H])C(c1cc(-c2nc3c(-c4[c-]c(-c5nc6ccccc6n5-c5ccc(-c6ccc7c8c(cccc68)C(C)(C)CC7(C)C)cc5-c5ccccc5)ccc4)cccc3n2-c2ccc(C(C)(C)C)cc2-c2ccccc2)c(O)c(C(C([2H])([2H])[2H])(C([2H])([2H])[2H])C([2H])([2H])[2H])c1)(C([2H])([2H])[2H])C([2H])([2H])[2H].[Pt]. The largest absolute Gasteiger partial charge is 0.507 e. The van der Waals surface area contributed by atoms with E-state index in [9.17, 15) is 5.11 Å². The molecule has 1 aliphatic carbocycles. The first-order valence-electron chi connectivity index (χ1n) is 37.3. The fourth-order valence-electron chi connectivity index (χ4n) is 13.1. The van der Waals surface area contributed by atoms with E-state index in [4.69, 9.17) is 34.6 Å². The van der Waals surface area contributed by atoms with Gasteiger partial charge < -0.3 is 9.67 Å². The minimum atomic E-state index is -4.17. The van der Waals surface area contributed by atoms with Crippen LogP contribution in [0.1, 0.15) is 148 Å². The molecule has 5 nitrogen and oxygen atoms in total. The molecule has 0 amide bonds. The van der Waals surface area contributed by atoms with E-state index < -0.39 is 85.6 Å². The second-order valence-electron chi connectivity index (χ2n) is 24.9. The van der Waals surface area contributed by atoms with E-state index >= 15 is 0 Å². The number of imidazole rings is 2. The molecule has 6 heteroatoms. The van der Waals surface area contributed by atoms with Gasteiger partial charge in [-0.05, 0) is 137 Å². The van der Waals surface area contributed by atoms with Crippen molar-refractivity contribution in [3.05, 3.63) is 234 Å². The Morgan fingerprint density at radius 2 is 1.06 bits per heavy atom. The topological polar surface area (TPSA) is 55.9 Å². The van der Waals surface area contributed by atoms with Crippen molar-refractivity contribution in [1.82, 2.24) is 19.1 Å². The molecule has 12 aromatic rings. The zero-order valence-corrected chi connectivity index (χ0v) is 50.6. The number of fused-ring (bicyclic) bond motifs is 2. The maximum atomic E-state index is 13.3. The summed E-state index contributed by atoms with van der Waals surface area (Å²) in [4.78, 5) is 10.6. The molecule has 0 spiro atoms. The Balaban J connectivity index is 0.00001000. The average molecular weight is 1310 g/mol. The van der Waals surface area contributed by atoms with E-state index in [1.54, 1.807) is 30.3 Å². The third-order valence-electron chi connectivity index (χ3n) is 17.0. The van der Waals surface area contributed by atoms with Crippen molar-refractivity contribution in [2.75, 3.05) is 0 Å². The van der Waals surface area contributed by atoms with E-state index in [1.807, 2.05) is 118 Å². The summed E-state index contributed by atoms with van der Waals surface area (Å²) < 4.78 is 164. The first-order valence-corrected chi connectivity index (χ1v) is 28.3. The van der Waals surface area contributed by atoms with Gasteiger partial charge in [0.05, 0.1) is 39.1 Å². The van der Waals surface area contributed by atoms with Crippen molar-refractivity contribution in [1.29, 1.82) is 0 Å². The molecular formula is C79H75N4OPt-. The number of hydrogen-bond acceptors (Lipinski definition) is 3. The molecule has 0 atom stereocenters. The maximum Gasteiger partial charge on any atom is 0.148 e. The molecule has 13 rings (SSSR count).